The molecule has 0 N–H and O–H groups in total. The van der Waals surface area contributed by atoms with E-state index in [1.165, 1.54) is 4.31 Å². The van der Waals surface area contributed by atoms with Gasteiger partial charge in [0.25, 0.3) is 0 Å². The highest BCUT2D eigenvalue weighted by atomic mass is 32.2. The molecular formula is C18H28N2O3S. The summed E-state index contributed by atoms with van der Waals surface area (Å²) in [6, 6.07) is 7.59. The molecule has 6 heteroatoms. The van der Waals surface area contributed by atoms with Gasteiger partial charge in [0, 0.05) is 32.1 Å². The molecule has 24 heavy (non-hydrogen) atoms. The fourth-order valence-corrected chi connectivity index (χ4v) is 4.69. The molecule has 0 spiro atoms. The molecule has 5 nitrogen and oxygen atoms in total. The highest BCUT2D eigenvalue weighted by molar-refractivity contribution is 7.88. The summed E-state index contributed by atoms with van der Waals surface area (Å²) in [7, 11) is -3.34. The summed E-state index contributed by atoms with van der Waals surface area (Å²) in [4.78, 5) is 14.2. The van der Waals surface area contributed by atoms with Crippen LogP contribution in [0.25, 0.3) is 0 Å². The van der Waals surface area contributed by atoms with Crippen LogP contribution < -0.4 is 0 Å². The first-order chi connectivity index (χ1) is 11.4. The number of aryl methyl sites for hydroxylation is 1. The van der Waals surface area contributed by atoms with Crippen LogP contribution in [0.1, 0.15) is 37.8 Å². The minimum atomic E-state index is -3.34. The van der Waals surface area contributed by atoms with Gasteiger partial charge in [-0.15, -0.1) is 0 Å². The maximum Gasteiger partial charge on any atom is 0.225 e. The van der Waals surface area contributed by atoms with Crippen LogP contribution in [0.3, 0.4) is 0 Å². The fourth-order valence-electron chi connectivity index (χ4n) is 3.19. The van der Waals surface area contributed by atoms with Gasteiger partial charge in [-0.05, 0) is 25.3 Å². The number of carbonyl (C=O) groups excluding carboxylic acids is 1. The third-order valence-electron chi connectivity index (χ3n) is 4.71. The van der Waals surface area contributed by atoms with Gasteiger partial charge in [0.2, 0.25) is 15.9 Å². The number of amides is 1. The molecule has 0 saturated carbocycles. The molecule has 0 unspecified atom stereocenters. The molecule has 1 aromatic rings. The molecule has 1 aliphatic rings. The van der Waals surface area contributed by atoms with Gasteiger partial charge in [0.15, 0.2) is 0 Å². The second-order valence-corrected chi connectivity index (χ2v) is 8.45. The Labute approximate surface area is 145 Å². The summed E-state index contributed by atoms with van der Waals surface area (Å²) >= 11 is 0. The molecule has 0 atom stereocenters. The van der Waals surface area contributed by atoms with Gasteiger partial charge in [0.1, 0.15) is 0 Å². The largest absolute Gasteiger partial charge is 0.340 e. The van der Waals surface area contributed by atoms with Crippen molar-refractivity contribution in [2.75, 3.05) is 26.2 Å². The summed E-state index contributed by atoms with van der Waals surface area (Å²) in [5, 5.41) is 0. The maximum absolute atomic E-state index is 12.6. The summed E-state index contributed by atoms with van der Waals surface area (Å²) in [5.41, 5.74) is 1.87. The lowest BCUT2D eigenvalue weighted by Gasteiger charge is -2.35. The number of nitrogens with zero attached hydrogens (tertiary/aromatic N) is 2. The summed E-state index contributed by atoms with van der Waals surface area (Å²) in [5.74, 6) is 0.242. The van der Waals surface area contributed by atoms with E-state index >= 15 is 0 Å². The van der Waals surface area contributed by atoms with E-state index < -0.39 is 10.0 Å². The van der Waals surface area contributed by atoms with Crippen LogP contribution >= 0.6 is 0 Å². The van der Waals surface area contributed by atoms with Crippen molar-refractivity contribution < 1.29 is 13.2 Å². The van der Waals surface area contributed by atoms with E-state index in [1.807, 2.05) is 49.9 Å². The van der Waals surface area contributed by atoms with Crippen LogP contribution in [0, 0.1) is 12.8 Å². The predicted octanol–water partition coefficient (Wildman–Crippen LogP) is 2.41. The molecule has 1 aromatic carbocycles. The van der Waals surface area contributed by atoms with Gasteiger partial charge in [-0.1, -0.05) is 43.7 Å². The van der Waals surface area contributed by atoms with E-state index in [0.29, 0.717) is 26.2 Å². The van der Waals surface area contributed by atoms with E-state index in [0.717, 1.165) is 24.0 Å². The number of sulfonamides is 1. The Hall–Kier alpha value is -1.40. The van der Waals surface area contributed by atoms with Gasteiger partial charge in [0.05, 0.1) is 5.75 Å². The molecule has 134 valence electrons. The molecule has 1 fully saturated rings. The van der Waals surface area contributed by atoms with Crippen molar-refractivity contribution in [3.63, 3.8) is 0 Å². The third kappa shape index (κ3) is 4.57. The number of benzene rings is 1. The van der Waals surface area contributed by atoms with E-state index in [1.54, 1.807) is 0 Å². The standard InChI is InChI=1S/C18H28N2O3S/c1-4-17(5-2)18(21)19-9-11-20(12-10-19)24(22,23)14-16-8-6-7-15(3)13-16/h6-8,13,17H,4-5,9-12,14H2,1-3H3. The number of hydrogen-bond donors (Lipinski definition) is 0. The van der Waals surface area contributed by atoms with Crippen molar-refractivity contribution in [3.8, 4) is 0 Å². The zero-order chi connectivity index (χ0) is 17.7. The number of hydrogen-bond acceptors (Lipinski definition) is 3. The smallest absolute Gasteiger partial charge is 0.225 e. The van der Waals surface area contributed by atoms with E-state index in [2.05, 4.69) is 0 Å². The van der Waals surface area contributed by atoms with Gasteiger partial charge >= 0.3 is 0 Å². The van der Waals surface area contributed by atoms with E-state index in [4.69, 9.17) is 0 Å². The van der Waals surface area contributed by atoms with Crippen molar-refractivity contribution in [2.45, 2.75) is 39.4 Å². The molecule has 1 aliphatic heterocycles. The Morgan fingerprint density at radius 2 is 1.75 bits per heavy atom. The first-order valence-electron chi connectivity index (χ1n) is 8.69. The first-order valence-corrected chi connectivity index (χ1v) is 10.3. The van der Waals surface area contributed by atoms with Gasteiger partial charge in [-0.25, -0.2) is 8.42 Å². The van der Waals surface area contributed by atoms with Crippen LogP contribution in [0.2, 0.25) is 0 Å². The molecule has 1 amide bonds. The topological polar surface area (TPSA) is 57.7 Å². The Balaban J connectivity index is 1.97. The van der Waals surface area contributed by atoms with Crippen molar-refractivity contribution in [1.82, 2.24) is 9.21 Å². The molecule has 0 radical (unpaired) electrons. The molecule has 1 heterocycles. The normalized spacial score (nSPS) is 16.6. The van der Waals surface area contributed by atoms with Crippen LogP contribution in [-0.2, 0) is 20.6 Å². The molecule has 0 bridgehead atoms. The fraction of sp³-hybridized carbons (Fsp3) is 0.611. The van der Waals surface area contributed by atoms with Crippen LogP contribution in [0.5, 0.6) is 0 Å². The van der Waals surface area contributed by atoms with E-state index in [9.17, 15) is 13.2 Å². The van der Waals surface area contributed by atoms with Gasteiger partial charge in [-0.2, -0.15) is 4.31 Å². The zero-order valence-electron chi connectivity index (χ0n) is 14.9. The van der Waals surface area contributed by atoms with Crippen LogP contribution in [0.15, 0.2) is 24.3 Å². The zero-order valence-corrected chi connectivity index (χ0v) is 15.7. The Morgan fingerprint density at radius 1 is 1.12 bits per heavy atom. The number of carbonyl (C=O) groups is 1. The van der Waals surface area contributed by atoms with Crippen molar-refractivity contribution >= 4 is 15.9 Å². The molecular weight excluding hydrogens is 324 g/mol. The first kappa shape index (κ1) is 18.9. The monoisotopic (exact) mass is 352 g/mol. The minimum Gasteiger partial charge on any atom is -0.340 e. The average molecular weight is 353 g/mol. The SMILES string of the molecule is CCC(CC)C(=O)N1CCN(S(=O)(=O)Cc2cccc(C)c2)CC1. The van der Waals surface area contributed by atoms with Crippen molar-refractivity contribution in [1.29, 1.82) is 0 Å². The van der Waals surface area contributed by atoms with Crippen molar-refractivity contribution in [3.05, 3.63) is 35.4 Å². The van der Waals surface area contributed by atoms with Gasteiger partial charge in [-0.3, -0.25) is 4.79 Å². The molecule has 1 saturated heterocycles. The summed E-state index contributed by atoms with van der Waals surface area (Å²) in [6.45, 7) is 7.76. The second kappa shape index (κ2) is 8.12. The lowest BCUT2D eigenvalue weighted by Crippen LogP contribution is -2.52. The van der Waals surface area contributed by atoms with E-state index in [-0.39, 0.29) is 17.6 Å². The lowest BCUT2D eigenvalue weighted by atomic mass is 10.0. The molecule has 0 aliphatic carbocycles. The highest BCUT2D eigenvalue weighted by Crippen LogP contribution is 2.17. The lowest BCUT2D eigenvalue weighted by molar-refractivity contribution is -0.136. The van der Waals surface area contributed by atoms with Gasteiger partial charge < -0.3 is 4.90 Å². The maximum atomic E-state index is 12.6. The Kier molecular flexibility index (Phi) is 6.40. The Bertz CT molecular complexity index is 661. The third-order valence-corrected chi connectivity index (χ3v) is 6.56. The average Bonchev–Trinajstić information content (AvgIpc) is 2.55. The highest BCUT2D eigenvalue weighted by Gasteiger charge is 2.30. The van der Waals surface area contributed by atoms with Crippen LogP contribution in [-0.4, -0.2) is 49.7 Å². The molecule has 0 aromatic heterocycles. The molecule has 2 rings (SSSR count). The summed E-state index contributed by atoms with van der Waals surface area (Å²) < 4.78 is 26.7. The number of piperazine rings is 1. The van der Waals surface area contributed by atoms with Crippen LogP contribution in [0.4, 0.5) is 0 Å². The Morgan fingerprint density at radius 3 is 2.29 bits per heavy atom. The minimum absolute atomic E-state index is 0.0230. The van der Waals surface area contributed by atoms with Crippen molar-refractivity contribution in [2.24, 2.45) is 5.92 Å². The predicted molar refractivity (Wildman–Crippen MR) is 96.0 cm³/mol. The summed E-state index contributed by atoms with van der Waals surface area (Å²) in [6.07, 6.45) is 1.67. The quantitative estimate of drug-likeness (QED) is 0.790. The second-order valence-electron chi connectivity index (χ2n) is 6.48. The number of rotatable bonds is 6.